The van der Waals surface area contributed by atoms with Crippen LogP contribution in [0.5, 0.6) is 0 Å². The van der Waals surface area contributed by atoms with Crippen LogP contribution >= 0.6 is 39.1 Å². The molecule has 2 rings (SSSR count). The minimum Gasteiger partial charge on any atom is -0.310 e. The van der Waals surface area contributed by atoms with Crippen molar-refractivity contribution in [1.82, 2.24) is 10.3 Å². The molecule has 0 aliphatic heterocycles. The first kappa shape index (κ1) is 15.8. The first-order valence-corrected chi connectivity index (χ1v) is 7.92. The number of likely N-dealkylation sites (N-methyl/N-ethyl adjacent to an activating group) is 1. The summed E-state index contributed by atoms with van der Waals surface area (Å²) in [5, 5.41) is 4.64. The van der Waals surface area contributed by atoms with Gasteiger partial charge in [0.05, 0.1) is 10.0 Å². The van der Waals surface area contributed by atoms with Gasteiger partial charge in [0.1, 0.15) is 0 Å². The van der Waals surface area contributed by atoms with Crippen molar-refractivity contribution < 1.29 is 0 Å². The molecule has 0 bridgehead atoms. The first-order valence-electron chi connectivity index (χ1n) is 6.38. The summed E-state index contributed by atoms with van der Waals surface area (Å²) in [7, 11) is 0. The highest BCUT2D eigenvalue weighted by Crippen LogP contribution is 2.26. The molecule has 0 aliphatic carbocycles. The van der Waals surface area contributed by atoms with E-state index in [1.807, 2.05) is 24.4 Å². The zero-order chi connectivity index (χ0) is 14.5. The van der Waals surface area contributed by atoms with Crippen molar-refractivity contribution in [1.29, 1.82) is 0 Å². The summed E-state index contributed by atoms with van der Waals surface area (Å²) in [4.78, 5) is 4.23. The van der Waals surface area contributed by atoms with Gasteiger partial charge in [0.15, 0.2) is 0 Å². The number of hydrogen-bond donors (Lipinski definition) is 1. The van der Waals surface area contributed by atoms with Crippen LogP contribution in [0.15, 0.2) is 41.1 Å². The highest BCUT2D eigenvalue weighted by Gasteiger charge is 2.13. The second-order valence-electron chi connectivity index (χ2n) is 4.50. The van der Waals surface area contributed by atoms with E-state index in [2.05, 4.69) is 39.2 Å². The van der Waals surface area contributed by atoms with Gasteiger partial charge in [-0.05, 0) is 58.2 Å². The molecule has 1 aromatic carbocycles. The monoisotopic (exact) mass is 372 g/mol. The fraction of sp³-hybridized carbons (Fsp3) is 0.267. The maximum absolute atomic E-state index is 6.07. The van der Waals surface area contributed by atoms with E-state index in [1.165, 1.54) is 0 Å². The summed E-state index contributed by atoms with van der Waals surface area (Å²) in [6, 6.07) is 8.03. The molecule has 0 saturated carbocycles. The molecule has 1 unspecified atom stereocenters. The number of pyridine rings is 1. The Morgan fingerprint density at radius 3 is 2.65 bits per heavy atom. The van der Waals surface area contributed by atoms with Crippen molar-refractivity contribution in [2.75, 3.05) is 6.54 Å². The smallest absolute Gasteiger partial charge is 0.0595 e. The lowest BCUT2D eigenvalue weighted by atomic mass is 10.0. The largest absolute Gasteiger partial charge is 0.310 e. The molecular formula is C15H15BrCl2N2. The van der Waals surface area contributed by atoms with Crippen molar-refractivity contribution in [3.05, 3.63) is 62.3 Å². The summed E-state index contributed by atoms with van der Waals surface area (Å²) in [6.45, 7) is 2.98. The average molecular weight is 374 g/mol. The Labute approximate surface area is 137 Å². The lowest BCUT2D eigenvalue weighted by molar-refractivity contribution is 0.548. The summed E-state index contributed by atoms with van der Waals surface area (Å²) < 4.78 is 0.979. The van der Waals surface area contributed by atoms with E-state index in [4.69, 9.17) is 23.2 Å². The molecule has 1 heterocycles. The molecule has 2 nitrogen and oxygen atoms in total. The lowest BCUT2D eigenvalue weighted by Crippen LogP contribution is -2.23. The van der Waals surface area contributed by atoms with Crippen molar-refractivity contribution in [3.8, 4) is 0 Å². The van der Waals surface area contributed by atoms with E-state index in [-0.39, 0.29) is 6.04 Å². The third-order valence-corrected chi connectivity index (χ3v) is 4.18. The third-order valence-electron chi connectivity index (χ3n) is 3.00. The SMILES string of the molecule is CCNC(Cc1ccc(Cl)c(Cl)c1)c1cncc(Br)c1. The quantitative estimate of drug-likeness (QED) is 0.793. The first-order chi connectivity index (χ1) is 9.60. The Bertz CT molecular complexity index is 590. The van der Waals surface area contributed by atoms with Gasteiger partial charge in [-0.1, -0.05) is 36.2 Å². The predicted molar refractivity (Wildman–Crippen MR) is 88.5 cm³/mol. The Hall–Kier alpha value is -0.610. The summed E-state index contributed by atoms with van der Waals surface area (Å²) >= 11 is 15.5. The molecule has 1 N–H and O–H groups in total. The van der Waals surface area contributed by atoms with E-state index < -0.39 is 0 Å². The van der Waals surface area contributed by atoms with Crippen molar-refractivity contribution in [2.45, 2.75) is 19.4 Å². The fourth-order valence-electron chi connectivity index (χ4n) is 2.08. The highest BCUT2D eigenvalue weighted by atomic mass is 79.9. The van der Waals surface area contributed by atoms with Crippen LogP contribution in [0.3, 0.4) is 0 Å². The minimum absolute atomic E-state index is 0.197. The molecule has 20 heavy (non-hydrogen) atoms. The molecule has 0 radical (unpaired) electrons. The highest BCUT2D eigenvalue weighted by molar-refractivity contribution is 9.10. The summed E-state index contributed by atoms with van der Waals surface area (Å²) in [5.74, 6) is 0. The summed E-state index contributed by atoms with van der Waals surface area (Å²) in [6.07, 6.45) is 4.50. The number of nitrogens with one attached hydrogen (secondary N) is 1. The molecule has 0 aliphatic rings. The Kier molecular flexibility index (Phi) is 5.85. The lowest BCUT2D eigenvalue weighted by Gasteiger charge is -2.18. The van der Waals surface area contributed by atoms with Crippen molar-refractivity contribution >= 4 is 39.1 Å². The van der Waals surface area contributed by atoms with Crippen LogP contribution < -0.4 is 5.32 Å². The van der Waals surface area contributed by atoms with Crippen LogP contribution in [0.4, 0.5) is 0 Å². The van der Waals surface area contributed by atoms with E-state index in [9.17, 15) is 0 Å². The molecule has 0 fully saturated rings. The van der Waals surface area contributed by atoms with Gasteiger partial charge in [0.25, 0.3) is 0 Å². The average Bonchev–Trinajstić information content (AvgIpc) is 2.42. The molecule has 1 atom stereocenters. The third kappa shape index (κ3) is 4.19. The minimum atomic E-state index is 0.197. The molecule has 0 spiro atoms. The van der Waals surface area contributed by atoms with Crippen LogP contribution in [0.1, 0.15) is 24.1 Å². The number of halogens is 3. The van der Waals surface area contributed by atoms with Crippen LogP contribution in [-0.4, -0.2) is 11.5 Å². The topological polar surface area (TPSA) is 24.9 Å². The Morgan fingerprint density at radius 1 is 1.20 bits per heavy atom. The van der Waals surface area contributed by atoms with Gasteiger partial charge in [0, 0.05) is 22.9 Å². The van der Waals surface area contributed by atoms with Gasteiger partial charge < -0.3 is 5.32 Å². The fourth-order valence-corrected chi connectivity index (χ4v) is 2.78. The number of nitrogens with zero attached hydrogens (tertiary/aromatic N) is 1. The maximum atomic E-state index is 6.07. The van der Waals surface area contributed by atoms with Gasteiger partial charge in [-0.2, -0.15) is 0 Å². The zero-order valence-corrected chi connectivity index (χ0v) is 14.1. The number of rotatable bonds is 5. The Morgan fingerprint density at radius 2 is 2.00 bits per heavy atom. The molecule has 0 amide bonds. The molecular weight excluding hydrogens is 359 g/mol. The van der Waals surface area contributed by atoms with E-state index >= 15 is 0 Å². The van der Waals surface area contributed by atoms with Crippen molar-refractivity contribution in [3.63, 3.8) is 0 Å². The molecule has 5 heteroatoms. The maximum Gasteiger partial charge on any atom is 0.0595 e. The van der Waals surface area contributed by atoms with Gasteiger partial charge in [-0.15, -0.1) is 0 Å². The van der Waals surface area contributed by atoms with Gasteiger partial charge in [-0.25, -0.2) is 0 Å². The molecule has 1 aromatic heterocycles. The van der Waals surface area contributed by atoms with Gasteiger partial charge in [-0.3, -0.25) is 4.98 Å². The van der Waals surface area contributed by atoms with Crippen molar-refractivity contribution in [2.24, 2.45) is 0 Å². The van der Waals surface area contributed by atoms with Crippen LogP contribution in [-0.2, 0) is 6.42 Å². The Balaban J connectivity index is 2.22. The number of hydrogen-bond acceptors (Lipinski definition) is 2. The summed E-state index contributed by atoms with van der Waals surface area (Å²) in [5.41, 5.74) is 2.29. The van der Waals surface area contributed by atoms with E-state index in [0.717, 1.165) is 28.6 Å². The molecule has 2 aromatic rings. The van der Waals surface area contributed by atoms with Gasteiger partial charge in [0.2, 0.25) is 0 Å². The van der Waals surface area contributed by atoms with Gasteiger partial charge >= 0.3 is 0 Å². The standard InChI is InChI=1S/C15H15BrCl2N2/c1-2-20-15(11-7-12(16)9-19-8-11)6-10-3-4-13(17)14(18)5-10/h3-5,7-9,15,20H,2,6H2,1H3. The zero-order valence-electron chi connectivity index (χ0n) is 11.0. The van der Waals surface area contributed by atoms with Crippen LogP contribution in [0.2, 0.25) is 10.0 Å². The molecule has 106 valence electrons. The number of aromatic nitrogens is 1. The normalized spacial score (nSPS) is 12.4. The van der Waals surface area contributed by atoms with E-state index in [0.29, 0.717) is 10.0 Å². The van der Waals surface area contributed by atoms with Crippen LogP contribution in [0, 0.1) is 0 Å². The molecule has 0 saturated heterocycles. The number of benzene rings is 1. The van der Waals surface area contributed by atoms with E-state index in [1.54, 1.807) is 6.20 Å². The van der Waals surface area contributed by atoms with Crippen LogP contribution in [0.25, 0.3) is 0 Å². The predicted octanol–water partition coefficient (Wildman–Crippen LogP) is 5.04. The second-order valence-corrected chi connectivity index (χ2v) is 6.23. The second kappa shape index (κ2) is 7.41.